The summed E-state index contributed by atoms with van der Waals surface area (Å²) in [6, 6.07) is 1.72. The lowest BCUT2D eigenvalue weighted by molar-refractivity contribution is -0.137. The predicted molar refractivity (Wildman–Crippen MR) is 51.5 cm³/mol. The van der Waals surface area contributed by atoms with Crippen LogP contribution in [0.1, 0.15) is 15.9 Å². The number of methoxy groups -OCH3 is 1. The molecule has 0 aliphatic rings. The first-order valence-corrected chi connectivity index (χ1v) is 4.40. The quantitative estimate of drug-likeness (QED) is 0.880. The Morgan fingerprint density at radius 2 is 2.00 bits per heavy atom. The average molecular weight is 254 g/mol. The maximum absolute atomic E-state index is 12.5. The second-order valence-electron chi connectivity index (χ2n) is 2.87. The van der Waals surface area contributed by atoms with E-state index in [1.807, 2.05) is 0 Å². The topological polar surface area (TPSA) is 52.3 Å². The van der Waals surface area contributed by atoms with Crippen LogP contribution >= 0.6 is 11.6 Å². The molecule has 3 nitrogen and oxygen atoms in total. The Hall–Kier alpha value is -1.43. The molecule has 0 atom stereocenters. The molecule has 0 saturated heterocycles. The number of nitrogens with two attached hydrogens (primary N) is 1. The van der Waals surface area contributed by atoms with Crippen molar-refractivity contribution >= 4 is 17.5 Å². The van der Waals surface area contributed by atoms with Gasteiger partial charge in [-0.25, -0.2) is 0 Å². The molecule has 2 N–H and O–H groups in total. The third kappa shape index (κ3) is 2.21. The minimum atomic E-state index is -4.65. The Balaban J connectivity index is 3.50. The predicted octanol–water partition coefficient (Wildman–Crippen LogP) is 2.47. The number of carbonyl (C=O) groups is 1. The van der Waals surface area contributed by atoms with Gasteiger partial charge in [0.25, 0.3) is 5.91 Å². The van der Waals surface area contributed by atoms with E-state index in [4.69, 9.17) is 22.1 Å². The number of hydrogen-bond donors (Lipinski definition) is 1. The lowest BCUT2D eigenvalue weighted by atomic mass is 10.1. The van der Waals surface area contributed by atoms with E-state index in [2.05, 4.69) is 0 Å². The van der Waals surface area contributed by atoms with E-state index in [9.17, 15) is 18.0 Å². The highest BCUT2D eigenvalue weighted by Gasteiger charge is 2.35. The molecule has 1 aromatic carbocycles. The Labute approximate surface area is 93.9 Å². The number of halogens is 4. The molecule has 0 spiro atoms. The summed E-state index contributed by atoms with van der Waals surface area (Å²) in [7, 11) is 1.20. The zero-order valence-electron chi connectivity index (χ0n) is 8.06. The standard InChI is InChI=1S/C9H7ClF3NO2/c1-16-5-3-2-4(9(11,12)13)7(10)6(5)8(14)15/h2-3H,1H3,(H2,14,15). The monoisotopic (exact) mass is 253 g/mol. The van der Waals surface area contributed by atoms with Crippen LogP contribution in [0, 0.1) is 0 Å². The second kappa shape index (κ2) is 4.21. The smallest absolute Gasteiger partial charge is 0.417 e. The van der Waals surface area contributed by atoms with E-state index in [1.54, 1.807) is 0 Å². The molecule has 0 bridgehead atoms. The van der Waals surface area contributed by atoms with Crippen LogP contribution < -0.4 is 10.5 Å². The van der Waals surface area contributed by atoms with Gasteiger partial charge >= 0.3 is 6.18 Å². The molecule has 7 heteroatoms. The third-order valence-electron chi connectivity index (χ3n) is 1.88. The van der Waals surface area contributed by atoms with Crippen LogP contribution in [0.4, 0.5) is 13.2 Å². The lowest BCUT2D eigenvalue weighted by Gasteiger charge is -2.13. The lowest BCUT2D eigenvalue weighted by Crippen LogP contribution is -2.16. The number of hydrogen-bond acceptors (Lipinski definition) is 2. The summed E-state index contributed by atoms with van der Waals surface area (Å²) in [4.78, 5) is 11.0. The highest BCUT2D eigenvalue weighted by atomic mass is 35.5. The van der Waals surface area contributed by atoms with Gasteiger partial charge in [0, 0.05) is 0 Å². The molecule has 0 aliphatic heterocycles. The van der Waals surface area contributed by atoms with Crippen molar-refractivity contribution in [1.29, 1.82) is 0 Å². The number of rotatable bonds is 2. The molecule has 1 aromatic rings. The van der Waals surface area contributed by atoms with Gasteiger partial charge in [-0.05, 0) is 12.1 Å². The van der Waals surface area contributed by atoms with E-state index >= 15 is 0 Å². The van der Waals surface area contributed by atoms with Gasteiger partial charge in [0.1, 0.15) is 11.3 Å². The number of primary amides is 1. The van der Waals surface area contributed by atoms with Crippen molar-refractivity contribution in [2.45, 2.75) is 6.18 Å². The molecule has 0 unspecified atom stereocenters. The molecule has 1 amide bonds. The second-order valence-corrected chi connectivity index (χ2v) is 3.24. The van der Waals surface area contributed by atoms with Gasteiger partial charge in [-0.2, -0.15) is 13.2 Å². The molecule has 88 valence electrons. The number of alkyl halides is 3. The maximum Gasteiger partial charge on any atom is 0.417 e. The minimum Gasteiger partial charge on any atom is -0.496 e. The molecule has 0 aromatic heterocycles. The van der Waals surface area contributed by atoms with Gasteiger partial charge in [0.15, 0.2) is 0 Å². The molecule has 0 aliphatic carbocycles. The maximum atomic E-state index is 12.5. The summed E-state index contributed by atoms with van der Waals surface area (Å²) in [6.45, 7) is 0. The molecular weight excluding hydrogens is 247 g/mol. The summed E-state index contributed by atoms with van der Waals surface area (Å²) in [6.07, 6.45) is -4.65. The average Bonchev–Trinajstić information content (AvgIpc) is 2.14. The Kier molecular flexibility index (Phi) is 3.32. The molecule has 1 rings (SSSR count). The van der Waals surface area contributed by atoms with Crippen LogP contribution in [-0.4, -0.2) is 13.0 Å². The van der Waals surface area contributed by atoms with Gasteiger partial charge < -0.3 is 10.5 Å². The van der Waals surface area contributed by atoms with Crippen molar-refractivity contribution in [3.63, 3.8) is 0 Å². The van der Waals surface area contributed by atoms with Crippen molar-refractivity contribution < 1.29 is 22.7 Å². The van der Waals surface area contributed by atoms with Crippen molar-refractivity contribution in [2.24, 2.45) is 5.73 Å². The summed E-state index contributed by atoms with van der Waals surface area (Å²) in [5, 5.41) is -0.751. The van der Waals surface area contributed by atoms with E-state index in [1.165, 1.54) is 7.11 Å². The first-order valence-electron chi connectivity index (χ1n) is 4.02. The normalized spacial score (nSPS) is 11.3. The van der Waals surface area contributed by atoms with E-state index in [-0.39, 0.29) is 5.75 Å². The number of ether oxygens (including phenoxy) is 1. The summed E-state index contributed by atoms with van der Waals surface area (Å²) >= 11 is 5.47. The third-order valence-corrected chi connectivity index (χ3v) is 2.27. The zero-order valence-corrected chi connectivity index (χ0v) is 8.82. The van der Waals surface area contributed by atoms with Gasteiger partial charge in [0.05, 0.1) is 17.7 Å². The molecule has 0 radical (unpaired) electrons. The SMILES string of the molecule is COc1ccc(C(F)(F)F)c(Cl)c1C(N)=O. The van der Waals surface area contributed by atoms with Crippen LogP contribution in [0.5, 0.6) is 5.75 Å². The Morgan fingerprint density at radius 1 is 1.44 bits per heavy atom. The number of benzene rings is 1. The largest absolute Gasteiger partial charge is 0.496 e. The van der Waals surface area contributed by atoms with Crippen molar-refractivity contribution in [2.75, 3.05) is 7.11 Å². The van der Waals surface area contributed by atoms with Crippen LogP contribution in [0.15, 0.2) is 12.1 Å². The van der Waals surface area contributed by atoms with Gasteiger partial charge in [0.2, 0.25) is 0 Å². The van der Waals surface area contributed by atoms with Gasteiger partial charge in [-0.1, -0.05) is 11.6 Å². The fraction of sp³-hybridized carbons (Fsp3) is 0.222. The summed E-state index contributed by atoms with van der Waals surface area (Å²) in [5.74, 6) is -1.17. The Morgan fingerprint density at radius 3 is 2.38 bits per heavy atom. The van der Waals surface area contributed by atoms with Crippen molar-refractivity contribution in [3.05, 3.63) is 28.3 Å². The fourth-order valence-corrected chi connectivity index (χ4v) is 1.53. The molecular formula is C9H7ClF3NO2. The van der Waals surface area contributed by atoms with Gasteiger partial charge in [-0.15, -0.1) is 0 Å². The highest BCUT2D eigenvalue weighted by molar-refractivity contribution is 6.35. The van der Waals surface area contributed by atoms with Crippen LogP contribution in [0.25, 0.3) is 0 Å². The fourth-order valence-electron chi connectivity index (χ4n) is 1.18. The summed E-state index contributed by atoms with van der Waals surface area (Å²) in [5.41, 5.74) is 3.34. The molecule has 0 fully saturated rings. The molecule has 0 heterocycles. The van der Waals surface area contributed by atoms with Crippen LogP contribution in [0.2, 0.25) is 5.02 Å². The van der Waals surface area contributed by atoms with Crippen molar-refractivity contribution in [3.8, 4) is 5.75 Å². The minimum absolute atomic E-state index is 0.0921. The van der Waals surface area contributed by atoms with Crippen LogP contribution in [0.3, 0.4) is 0 Å². The highest BCUT2D eigenvalue weighted by Crippen LogP contribution is 2.39. The van der Waals surface area contributed by atoms with Crippen molar-refractivity contribution in [1.82, 2.24) is 0 Å². The first kappa shape index (κ1) is 12.6. The number of amides is 1. The molecule has 0 saturated carbocycles. The van der Waals surface area contributed by atoms with Crippen LogP contribution in [-0.2, 0) is 6.18 Å². The van der Waals surface area contributed by atoms with Gasteiger partial charge in [-0.3, -0.25) is 4.79 Å². The number of carbonyl (C=O) groups excluding carboxylic acids is 1. The van der Waals surface area contributed by atoms with E-state index in [0.717, 1.165) is 12.1 Å². The van der Waals surface area contributed by atoms with E-state index in [0.29, 0.717) is 0 Å². The Bertz CT molecular complexity index is 431. The van der Waals surface area contributed by atoms with E-state index < -0.39 is 28.2 Å². The summed E-state index contributed by atoms with van der Waals surface area (Å²) < 4.78 is 42.1. The first-order chi connectivity index (χ1) is 7.29. The molecule has 16 heavy (non-hydrogen) atoms. The zero-order chi connectivity index (χ0) is 12.5.